The molecular weight excluding hydrogens is 340 g/mol. The fourth-order valence-electron chi connectivity index (χ4n) is 2.48. The largest absolute Gasteiger partial charge is 0.427 e. The van der Waals surface area contributed by atoms with Crippen LogP contribution < -0.4 is 0 Å². The minimum Gasteiger partial charge on any atom is -0.427 e. The molecule has 0 aliphatic rings. The molecule has 6 heteroatoms. The van der Waals surface area contributed by atoms with E-state index in [1.165, 1.54) is 19.1 Å². The predicted octanol–water partition coefficient (Wildman–Crippen LogP) is 3.85. The van der Waals surface area contributed by atoms with Crippen LogP contribution in [0.3, 0.4) is 0 Å². The predicted molar refractivity (Wildman–Crippen MR) is 94.1 cm³/mol. The monoisotopic (exact) mass is 362 g/mol. The van der Waals surface area contributed by atoms with Crippen molar-refractivity contribution >= 4 is 16.1 Å². The number of hydrogen-bond acceptors (Lipinski definition) is 5. The lowest BCUT2D eigenvalue weighted by Crippen LogP contribution is -2.47. The zero-order chi connectivity index (χ0) is 18.7. The van der Waals surface area contributed by atoms with E-state index in [0.29, 0.717) is 5.56 Å². The van der Waals surface area contributed by atoms with Gasteiger partial charge in [0, 0.05) is 17.9 Å². The van der Waals surface area contributed by atoms with E-state index < -0.39 is 27.3 Å². The third kappa shape index (κ3) is 4.08. The van der Waals surface area contributed by atoms with Crippen LogP contribution in [0.25, 0.3) is 0 Å². The van der Waals surface area contributed by atoms with E-state index >= 15 is 0 Å². The summed E-state index contributed by atoms with van der Waals surface area (Å²) in [6.45, 7) is 6.48. The number of benzene rings is 2. The normalized spacial score (nSPS) is 14.6. The molecule has 25 heavy (non-hydrogen) atoms. The number of hydrogen-bond donors (Lipinski definition) is 0. The SMILES string of the molecule is CC(=O)OC(OS(=O)(=O)c1ccccc1)(c1ccccc1)C(C)(C)C. The molecule has 0 aromatic heterocycles. The van der Waals surface area contributed by atoms with Crippen molar-refractivity contribution in [3.63, 3.8) is 0 Å². The minimum absolute atomic E-state index is 0.00768. The van der Waals surface area contributed by atoms with Gasteiger partial charge in [-0.05, 0) is 12.1 Å². The fourth-order valence-corrected chi connectivity index (χ4v) is 3.76. The van der Waals surface area contributed by atoms with E-state index in [1.54, 1.807) is 69.3 Å². The van der Waals surface area contributed by atoms with Gasteiger partial charge >= 0.3 is 16.1 Å². The molecule has 0 aliphatic carbocycles. The first-order chi connectivity index (χ1) is 11.6. The van der Waals surface area contributed by atoms with Crippen LogP contribution in [0, 0.1) is 5.41 Å². The maximum absolute atomic E-state index is 12.8. The molecule has 0 aliphatic heterocycles. The summed E-state index contributed by atoms with van der Waals surface area (Å²) in [5.74, 6) is -2.43. The van der Waals surface area contributed by atoms with Crippen molar-refractivity contribution in [1.29, 1.82) is 0 Å². The van der Waals surface area contributed by atoms with E-state index in [1.807, 2.05) is 0 Å². The topological polar surface area (TPSA) is 69.7 Å². The van der Waals surface area contributed by atoms with Gasteiger partial charge in [-0.25, -0.2) is 4.18 Å². The fraction of sp³-hybridized carbons (Fsp3) is 0.316. The Balaban J connectivity index is 2.65. The summed E-state index contributed by atoms with van der Waals surface area (Å²) < 4.78 is 36.8. The third-order valence-electron chi connectivity index (χ3n) is 3.69. The second-order valence-corrected chi connectivity index (χ2v) is 8.22. The van der Waals surface area contributed by atoms with Crippen LogP contribution in [0.1, 0.15) is 33.3 Å². The van der Waals surface area contributed by atoms with Gasteiger partial charge in [0.15, 0.2) is 0 Å². The quantitative estimate of drug-likeness (QED) is 0.459. The highest BCUT2D eigenvalue weighted by atomic mass is 32.2. The van der Waals surface area contributed by atoms with Gasteiger partial charge in [0.05, 0.1) is 4.90 Å². The van der Waals surface area contributed by atoms with Gasteiger partial charge in [-0.1, -0.05) is 69.3 Å². The van der Waals surface area contributed by atoms with E-state index in [2.05, 4.69) is 0 Å². The van der Waals surface area contributed by atoms with Crippen molar-refractivity contribution in [1.82, 2.24) is 0 Å². The summed E-state index contributed by atoms with van der Waals surface area (Å²) in [7, 11) is -4.17. The maximum atomic E-state index is 12.8. The lowest BCUT2D eigenvalue weighted by atomic mass is 9.81. The Labute approximate surface area is 148 Å². The lowest BCUT2D eigenvalue weighted by Gasteiger charge is -2.42. The van der Waals surface area contributed by atoms with Crippen LogP contribution in [-0.4, -0.2) is 14.4 Å². The Hall–Kier alpha value is -2.18. The van der Waals surface area contributed by atoms with Gasteiger partial charge in [0.1, 0.15) is 0 Å². The highest BCUT2D eigenvalue weighted by Gasteiger charge is 2.52. The zero-order valence-electron chi connectivity index (χ0n) is 14.7. The molecule has 0 N–H and O–H groups in total. The van der Waals surface area contributed by atoms with Gasteiger partial charge in [-0.15, -0.1) is 0 Å². The molecule has 0 fully saturated rings. The first-order valence-corrected chi connectivity index (χ1v) is 9.25. The molecular formula is C19H22O5S. The summed E-state index contributed by atoms with van der Waals surface area (Å²) in [5, 5.41) is 0. The van der Waals surface area contributed by atoms with Crippen molar-refractivity contribution < 1.29 is 22.1 Å². The van der Waals surface area contributed by atoms with Crippen molar-refractivity contribution in [3.8, 4) is 0 Å². The van der Waals surface area contributed by atoms with Crippen LogP contribution >= 0.6 is 0 Å². The van der Waals surface area contributed by atoms with Crippen LogP contribution in [0.4, 0.5) is 0 Å². The molecule has 0 amide bonds. The molecule has 0 spiro atoms. The number of carbonyl (C=O) groups excluding carboxylic acids is 1. The minimum atomic E-state index is -4.17. The van der Waals surface area contributed by atoms with E-state index in [9.17, 15) is 13.2 Å². The van der Waals surface area contributed by atoms with Crippen LogP contribution in [0.5, 0.6) is 0 Å². The van der Waals surface area contributed by atoms with Gasteiger partial charge in [0.2, 0.25) is 0 Å². The Morgan fingerprint density at radius 3 is 1.80 bits per heavy atom. The maximum Gasteiger partial charge on any atom is 0.305 e. The van der Waals surface area contributed by atoms with Crippen molar-refractivity contribution in [3.05, 3.63) is 66.2 Å². The van der Waals surface area contributed by atoms with Crippen molar-refractivity contribution in [2.24, 2.45) is 5.41 Å². The molecule has 0 bridgehead atoms. The Kier molecular flexibility index (Phi) is 5.34. The molecule has 134 valence electrons. The summed E-state index contributed by atoms with van der Waals surface area (Å²) in [6.07, 6.45) is 0. The second kappa shape index (κ2) is 6.98. The van der Waals surface area contributed by atoms with Crippen molar-refractivity contribution in [2.75, 3.05) is 0 Å². The average Bonchev–Trinajstić information content (AvgIpc) is 2.54. The molecule has 0 saturated heterocycles. The molecule has 2 aromatic carbocycles. The molecule has 1 unspecified atom stereocenters. The standard InChI is InChI=1S/C19H22O5S/c1-15(20)23-19(18(2,3)4,16-11-7-5-8-12-16)24-25(21,22)17-13-9-6-10-14-17/h5-14H,1-4H3. The van der Waals surface area contributed by atoms with E-state index in [0.717, 1.165) is 0 Å². The van der Waals surface area contributed by atoms with Crippen LogP contribution in [-0.2, 0) is 29.6 Å². The van der Waals surface area contributed by atoms with Gasteiger partial charge in [-0.2, -0.15) is 8.42 Å². The molecule has 0 radical (unpaired) electrons. The second-order valence-electron chi connectivity index (χ2n) is 6.68. The van der Waals surface area contributed by atoms with Crippen LogP contribution in [0.15, 0.2) is 65.6 Å². The van der Waals surface area contributed by atoms with Crippen molar-refractivity contribution in [2.45, 2.75) is 38.4 Å². The van der Waals surface area contributed by atoms with Gasteiger partial charge in [0.25, 0.3) is 5.79 Å². The van der Waals surface area contributed by atoms with E-state index in [-0.39, 0.29) is 4.90 Å². The van der Waals surface area contributed by atoms with E-state index in [4.69, 9.17) is 8.92 Å². The number of ether oxygens (including phenoxy) is 1. The van der Waals surface area contributed by atoms with Crippen LogP contribution in [0.2, 0.25) is 0 Å². The smallest absolute Gasteiger partial charge is 0.305 e. The highest BCUT2D eigenvalue weighted by Crippen LogP contribution is 2.46. The highest BCUT2D eigenvalue weighted by molar-refractivity contribution is 7.86. The Morgan fingerprint density at radius 2 is 1.36 bits per heavy atom. The molecule has 2 aromatic rings. The molecule has 2 rings (SSSR count). The lowest BCUT2D eigenvalue weighted by molar-refractivity contribution is -0.240. The molecule has 5 nitrogen and oxygen atoms in total. The first-order valence-electron chi connectivity index (χ1n) is 7.84. The average molecular weight is 362 g/mol. The third-order valence-corrected chi connectivity index (χ3v) is 4.99. The number of rotatable bonds is 5. The first kappa shape index (κ1) is 19.1. The number of carbonyl (C=O) groups is 1. The Bertz CT molecular complexity index is 823. The summed E-state index contributed by atoms with van der Waals surface area (Å²) >= 11 is 0. The summed E-state index contributed by atoms with van der Waals surface area (Å²) in [4.78, 5) is 11.8. The zero-order valence-corrected chi connectivity index (χ0v) is 15.5. The molecule has 0 heterocycles. The Morgan fingerprint density at radius 1 is 0.880 bits per heavy atom. The molecule has 0 saturated carbocycles. The number of esters is 1. The summed E-state index contributed by atoms with van der Waals surface area (Å²) in [6, 6.07) is 16.4. The van der Waals surface area contributed by atoms with Gasteiger partial charge in [-0.3, -0.25) is 4.79 Å². The van der Waals surface area contributed by atoms with Gasteiger partial charge < -0.3 is 4.74 Å². The molecule has 1 atom stereocenters. The summed E-state index contributed by atoms with van der Waals surface area (Å²) in [5.41, 5.74) is -0.417.